The molecule has 1 aliphatic heterocycles. The summed E-state index contributed by atoms with van der Waals surface area (Å²) in [5.74, 6) is -0.176. The van der Waals surface area contributed by atoms with E-state index in [4.69, 9.17) is 0 Å². The zero-order valence-electron chi connectivity index (χ0n) is 14.4. The number of phenols is 1. The van der Waals surface area contributed by atoms with Crippen molar-refractivity contribution in [1.29, 1.82) is 0 Å². The first-order chi connectivity index (χ1) is 12.3. The lowest BCUT2D eigenvalue weighted by atomic mass is 9.97. The number of phenolic OH excluding ortho intramolecular Hbond substituents is 1. The highest BCUT2D eigenvalue weighted by Crippen LogP contribution is 2.37. The second-order valence-corrected chi connectivity index (χ2v) is 7.86. The summed E-state index contributed by atoms with van der Waals surface area (Å²) in [4.78, 5) is 12.1. The molecule has 1 atom stereocenters. The van der Waals surface area contributed by atoms with Gasteiger partial charge in [0.05, 0.1) is 23.7 Å². The lowest BCUT2D eigenvalue weighted by molar-refractivity contribution is -0.130. The minimum Gasteiger partial charge on any atom is -0.508 e. The van der Waals surface area contributed by atoms with E-state index in [-0.39, 0.29) is 11.7 Å². The average molecular weight is 373 g/mol. The molecule has 0 saturated carbocycles. The van der Waals surface area contributed by atoms with Crippen LogP contribution in [0.3, 0.4) is 0 Å². The lowest BCUT2D eigenvalue weighted by Crippen LogP contribution is -2.24. The first kappa shape index (κ1) is 17.9. The number of benzene rings is 2. The standard InChI is InChI=1S/C18H19N3O4S/c1-12(22)21-17(14-8-4-6-10-18(14)23)11-16(19-21)13-7-3-5-9-15(13)20-26(2,24)25/h3-10,17,20,23H,11H2,1-2H3/t17-/m0/s1. The van der Waals surface area contributed by atoms with Crippen LogP contribution in [-0.2, 0) is 14.8 Å². The summed E-state index contributed by atoms with van der Waals surface area (Å²) >= 11 is 0. The number of carbonyl (C=O) groups excluding carboxylic acids is 1. The van der Waals surface area contributed by atoms with Crippen LogP contribution in [0.5, 0.6) is 5.75 Å². The molecule has 0 bridgehead atoms. The fourth-order valence-electron chi connectivity index (χ4n) is 3.00. The number of hydrogen-bond donors (Lipinski definition) is 2. The van der Waals surface area contributed by atoms with Crippen molar-refractivity contribution in [3.8, 4) is 5.75 Å². The number of anilines is 1. The fraction of sp³-hybridized carbons (Fsp3) is 0.222. The molecule has 0 aromatic heterocycles. The summed E-state index contributed by atoms with van der Waals surface area (Å²) in [6.07, 6.45) is 1.44. The lowest BCUT2D eigenvalue weighted by Gasteiger charge is -2.21. The normalized spacial score (nSPS) is 17.1. The van der Waals surface area contributed by atoms with Gasteiger partial charge >= 0.3 is 0 Å². The van der Waals surface area contributed by atoms with Crippen molar-refractivity contribution in [2.45, 2.75) is 19.4 Å². The molecular weight excluding hydrogens is 354 g/mol. The van der Waals surface area contributed by atoms with E-state index in [9.17, 15) is 18.3 Å². The van der Waals surface area contributed by atoms with E-state index < -0.39 is 16.1 Å². The van der Waals surface area contributed by atoms with E-state index in [2.05, 4.69) is 9.82 Å². The van der Waals surface area contributed by atoms with Crippen LogP contribution in [0.25, 0.3) is 0 Å². The highest BCUT2D eigenvalue weighted by Gasteiger charge is 2.33. The van der Waals surface area contributed by atoms with Crippen LogP contribution < -0.4 is 4.72 Å². The maximum atomic E-state index is 12.1. The first-order valence-corrected chi connectivity index (χ1v) is 9.88. The fourth-order valence-corrected chi connectivity index (χ4v) is 3.58. The van der Waals surface area contributed by atoms with Gasteiger partial charge < -0.3 is 5.11 Å². The minimum absolute atomic E-state index is 0.0859. The number of rotatable bonds is 4. The second kappa shape index (κ2) is 6.80. The van der Waals surface area contributed by atoms with Crippen LogP contribution in [0, 0.1) is 0 Å². The van der Waals surface area contributed by atoms with Gasteiger partial charge in [-0.2, -0.15) is 5.10 Å². The molecule has 0 aliphatic carbocycles. The largest absolute Gasteiger partial charge is 0.508 e. The number of para-hydroxylation sites is 2. The smallest absolute Gasteiger partial charge is 0.240 e. The summed E-state index contributed by atoms with van der Waals surface area (Å²) in [7, 11) is -3.46. The summed E-state index contributed by atoms with van der Waals surface area (Å²) in [5.41, 5.74) is 2.16. The Hall–Kier alpha value is -2.87. The summed E-state index contributed by atoms with van der Waals surface area (Å²) < 4.78 is 25.7. The molecule has 0 unspecified atom stereocenters. The maximum absolute atomic E-state index is 12.1. The van der Waals surface area contributed by atoms with Gasteiger partial charge in [0, 0.05) is 24.5 Å². The Labute approximate surface area is 152 Å². The van der Waals surface area contributed by atoms with Gasteiger partial charge in [0.1, 0.15) is 5.75 Å². The Bertz CT molecular complexity index is 985. The molecule has 1 aliphatic rings. The third-order valence-electron chi connectivity index (χ3n) is 4.06. The van der Waals surface area contributed by atoms with Gasteiger partial charge in [0.25, 0.3) is 0 Å². The molecular formula is C18H19N3O4S. The van der Waals surface area contributed by atoms with Gasteiger partial charge in [-0.1, -0.05) is 36.4 Å². The predicted molar refractivity (Wildman–Crippen MR) is 99.4 cm³/mol. The van der Waals surface area contributed by atoms with Crippen LogP contribution in [0.15, 0.2) is 53.6 Å². The topological polar surface area (TPSA) is 99.1 Å². The van der Waals surface area contributed by atoms with Crippen LogP contribution in [0.1, 0.15) is 30.5 Å². The van der Waals surface area contributed by atoms with Crippen molar-refractivity contribution in [3.63, 3.8) is 0 Å². The molecule has 1 heterocycles. The van der Waals surface area contributed by atoms with Gasteiger partial charge in [-0.05, 0) is 12.1 Å². The number of carbonyl (C=O) groups is 1. The van der Waals surface area contributed by atoms with Crippen LogP contribution in [-0.4, -0.2) is 36.4 Å². The molecule has 1 amide bonds. The van der Waals surface area contributed by atoms with Gasteiger partial charge in [-0.25, -0.2) is 13.4 Å². The van der Waals surface area contributed by atoms with Gasteiger partial charge in [0.2, 0.25) is 15.9 Å². The highest BCUT2D eigenvalue weighted by atomic mass is 32.2. The Kier molecular flexibility index (Phi) is 4.69. The SMILES string of the molecule is CC(=O)N1N=C(c2ccccc2NS(C)(=O)=O)C[C@H]1c1ccccc1O. The van der Waals surface area contributed by atoms with Crippen LogP contribution in [0.4, 0.5) is 5.69 Å². The van der Waals surface area contributed by atoms with Crippen LogP contribution >= 0.6 is 0 Å². The highest BCUT2D eigenvalue weighted by molar-refractivity contribution is 7.92. The number of hydrogen-bond acceptors (Lipinski definition) is 5. The number of nitrogens with one attached hydrogen (secondary N) is 1. The number of nitrogens with zero attached hydrogens (tertiary/aromatic N) is 2. The summed E-state index contributed by atoms with van der Waals surface area (Å²) in [6.45, 7) is 1.40. The molecule has 2 aromatic carbocycles. The summed E-state index contributed by atoms with van der Waals surface area (Å²) in [6, 6.07) is 13.2. The van der Waals surface area contributed by atoms with Crippen molar-refractivity contribution >= 4 is 27.3 Å². The molecule has 2 aromatic rings. The molecule has 0 fully saturated rings. The molecule has 8 heteroatoms. The van der Waals surface area contributed by atoms with Crippen molar-refractivity contribution in [1.82, 2.24) is 5.01 Å². The summed E-state index contributed by atoms with van der Waals surface area (Å²) in [5, 5.41) is 15.9. The maximum Gasteiger partial charge on any atom is 0.240 e. The Balaban J connectivity index is 2.02. The number of amides is 1. The first-order valence-electron chi connectivity index (χ1n) is 7.98. The van der Waals surface area contributed by atoms with Crippen LogP contribution in [0.2, 0.25) is 0 Å². The molecule has 7 nitrogen and oxygen atoms in total. The molecule has 0 saturated heterocycles. The Morgan fingerprint density at radius 3 is 2.50 bits per heavy atom. The number of hydrazone groups is 1. The molecule has 0 radical (unpaired) electrons. The predicted octanol–water partition coefficient (Wildman–Crippen LogP) is 2.46. The molecule has 3 rings (SSSR count). The van der Waals surface area contributed by atoms with E-state index in [1.165, 1.54) is 11.9 Å². The third kappa shape index (κ3) is 3.70. The van der Waals surface area contributed by atoms with E-state index >= 15 is 0 Å². The average Bonchev–Trinajstić information content (AvgIpc) is 2.99. The molecule has 136 valence electrons. The van der Waals surface area contributed by atoms with Crippen molar-refractivity contribution in [2.24, 2.45) is 5.10 Å². The van der Waals surface area contributed by atoms with Crippen molar-refractivity contribution < 1.29 is 18.3 Å². The molecule has 0 spiro atoms. The zero-order chi connectivity index (χ0) is 18.9. The third-order valence-corrected chi connectivity index (χ3v) is 4.65. The second-order valence-electron chi connectivity index (χ2n) is 6.11. The van der Waals surface area contributed by atoms with Gasteiger partial charge in [-0.15, -0.1) is 0 Å². The molecule has 26 heavy (non-hydrogen) atoms. The Morgan fingerprint density at radius 2 is 1.85 bits per heavy atom. The minimum atomic E-state index is -3.46. The number of sulfonamides is 1. The van der Waals surface area contributed by atoms with E-state index in [1.807, 2.05) is 0 Å². The van der Waals surface area contributed by atoms with E-state index in [0.717, 1.165) is 6.26 Å². The van der Waals surface area contributed by atoms with Crippen molar-refractivity contribution in [2.75, 3.05) is 11.0 Å². The number of aromatic hydroxyl groups is 1. The quantitative estimate of drug-likeness (QED) is 0.860. The molecule has 2 N–H and O–H groups in total. The van der Waals surface area contributed by atoms with Gasteiger partial charge in [0.15, 0.2) is 0 Å². The monoisotopic (exact) mass is 373 g/mol. The van der Waals surface area contributed by atoms with Crippen molar-refractivity contribution in [3.05, 3.63) is 59.7 Å². The van der Waals surface area contributed by atoms with Gasteiger partial charge in [-0.3, -0.25) is 9.52 Å². The van der Waals surface area contributed by atoms with E-state index in [0.29, 0.717) is 28.9 Å². The Morgan fingerprint density at radius 1 is 1.19 bits per heavy atom. The van der Waals surface area contributed by atoms with E-state index in [1.54, 1.807) is 48.5 Å². The zero-order valence-corrected chi connectivity index (χ0v) is 15.2.